The van der Waals surface area contributed by atoms with E-state index < -0.39 is 0 Å². The molecule has 1 nitrogen and oxygen atoms in total. The van der Waals surface area contributed by atoms with E-state index in [0.29, 0.717) is 6.42 Å². The van der Waals surface area contributed by atoms with Crippen LogP contribution in [0.4, 0.5) is 0 Å². The van der Waals surface area contributed by atoms with Gasteiger partial charge in [-0.05, 0) is 48.2 Å². The largest absolute Gasteiger partial charge is 0.294 e. The average molecular weight is 271 g/mol. The fourth-order valence-corrected chi connectivity index (χ4v) is 3.01. The van der Waals surface area contributed by atoms with Crippen molar-refractivity contribution in [2.45, 2.75) is 26.2 Å². The highest BCUT2D eigenvalue weighted by Crippen LogP contribution is 2.40. The number of carbonyl (C=O) groups excluding carboxylic acids is 1. The topological polar surface area (TPSA) is 17.1 Å². The first kappa shape index (κ1) is 12.4. The Balaban J connectivity index is 2.12. The molecule has 96 valence electrons. The monoisotopic (exact) mass is 270 g/mol. The average Bonchev–Trinajstić information content (AvgIpc) is 2.73. The summed E-state index contributed by atoms with van der Waals surface area (Å²) in [4.78, 5) is 12.3. The number of benzene rings is 2. The number of hydrogen-bond acceptors (Lipinski definition) is 1. The van der Waals surface area contributed by atoms with Crippen LogP contribution in [0.5, 0.6) is 0 Å². The maximum atomic E-state index is 12.3. The molecule has 0 radical (unpaired) electrons. The van der Waals surface area contributed by atoms with Gasteiger partial charge in [-0.15, -0.1) is 0 Å². The second-order valence-corrected chi connectivity index (χ2v) is 5.64. The molecule has 1 aliphatic rings. The summed E-state index contributed by atoms with van der Waals surface area (Å²) < 4.78 is 0. The molecule has 0 aliphatic heterocycles. The van der Waals surface area contributed by atoms with Crippen LogP contribution >= 0.6 is 11.6 Å². The van der Waals surface area contributed by atoms with Gasteiger partial charge in [0.2, 0.25) is 0 Å². The van der Waals surface area contributed by atoms with Crippen molar-refractivity contribution >= 4 is 17.4 Å². The maximum absolute atomic E-state index is 12.3. The van der Waals surface area contributed by atoms with Crippen molar-refractivity contribution < 1.29 is 4.79 Å². The molecule has 0 N–H and O–H groups in total. The zero-order valence-electron chi connectivity index (χ0n) is 11.0. The van der Waals surface area contributed by atoms with E-state index in [1.807, 2.05) is 31.2 Å². The molecule has 2 aromatic rings. The molecule has 1 atom stereocenters. The molecule has 0 aromatic heterocycles. The van der Waals surface area contributed by atoms with Gasteiger partial charge in [-0.2, -0.15) is 0 Å². The number of aryl methyl sites for hydroxylation is 1. The molecule has 0 bridgehead atoms. The Labute approximate surface area is 118 Å². The smallest absolute Gasteiger partial charge is 0.164 e. The normalized spacial score (nSPS) is 17.6. The first-order valence-electron chi connectivity index (χ1n) is 6.46. The second-order valence-electron chi connectivity index (χ2n) is 5.20. The molecule has 3 rings (SSSR count). The van der Waals surface area contributed by atoms with Gasteiger partial charge in [-0.3, -0.25) is 4.79 Å². The van der Waals surface area contributed by atoms with Gasteiger partial charge in [0, 0.05) is 22.9 Å². The van der Waals surface area contributed by atoms with Crippen molar-refractivity contribution in [3.63, 3.8) is 0 Å². The van der Waals surface area contributed by atoms with Crippen molar-refractivity contribution in [1.29, 1.82) is 0 Å². The summed E-state index contributed by atoms with van der Waals surface area (Å²) >= 11 is 5.93. The number of carbonyl (C=O) groups is 1. The van der Waals surface area contributed by atoms with E-state index in [1.165, 1.54) is 11.1 Å². The number of fused-ring (bicyclic) bond motifs is 1. The molecule has 0 fully saturated rings. The van der Waals surface area contributed by atoms with Crippen molar-refractivity contribution in [3.8, 4) is 0 Å². The van der Waals surface area contributed by atoms with Crippen LogP contribution in [-0.4, -0.2) is 5.78 Å². The van der Waals surface area contributed by atoms with Crippen LogP contribution in [0.2, 0.25) is 5.02 Å². The van der Waals surface area contributed by atoms with Gasteiger partial charge in [0.05, 0.1) is 0 Å². The van der Waals surface area contributed by atoms with E-state index in [2.05, 4.69) is 19.1 Å². The van der Waals surface area contributed by atoms with Gasteiger partial charge in [-0.25, -0.2) is 0 Å². The molecular formula is C17H15ClO. The van der Waals surface area contributed by atoms with Gasteiger partial charge in [0.15, 0.2) is 5.78 Å². The molecule has 2 heteroatoms. The predicted octanol–water partition coefficient (Wildman–Crippen LogP) is 4.68. The molecule has 19 heavy (non-hydrogen) atoms. The summed E-state index contributed by atoms with van der Waals surface area (Å²) in [5, 5.41) is 0.730. The van der Waals surface area contributed by atoms with E-state index in [9.17, 15) is 4.79 Å². The first-order valence-corrected chi connectivity index (χ1v) is 6.84. The lowest BCUT2D eigenvalue weighted by molar-refractivity contribution is 0.0991. The lowest BCUT2D eigenvalue weighted by Crippen LogP contribution is -1.97. The third kappa shape index (κ3) is 1.98. The lowest BCUT2D eigenvalue weighted by Gasteiger charge is -2.12. The number of rotatable bonds is 1. The Bertz CT molecular complexity index is 656. The number of hydrogen-bond donors (Lipinski definition) is 0. The summed E-state index contributed by atoms with van der Waals surface area (Å²) in [6.45, 7) is 4.09. The Hall–Kier alpha value is -1.60. The van der Waals surface area contributed by atoms with E-state index >= 15 is 0 Å². The van der Waals surface area contributed by atoms with E-state index in [4.69, 9.17) is 11.6 Å². The third-order valence-electron chi connectivity index (χ3n) is 4.08. The summed E-state index contributed by atoms with van der Waals surface area (Å²) in [7, 11) is 0. The highest BCUT2D eigenvalue weighted by Gasteiger charge is 2.31. The zero-order chi connectivity index (χ0) is 13.6. The quantitative estimate of drug-likeness (QED) is 0.736. The van der Waals surface area contributed by atoms with Crippen LogP contribution in [0.25, 0.3) is 0 Å². The van der Waals surface area contributed by atoms with Gasteiger partial charge in [-0.1, -0.05) is 35.9 Å². The van der Waals surface area contributed by atoms with Crippen molar-refractivity contribution in [1.82, 2.24) is 0 Å². The lowest BCUT2D eigenvalue weighted by atomic mass is 9.91. The predicted molar refractivity (Wildman–Crippen MR) is 78.2 cm³/mol. The highest BCUT2D eigenvalue weighted by atomic mass is 35.5. The highest BCUT2D eigenvalue weighted by molar-refractivity contribution is 6.30. The maximum Gasteiger partial charge on any atom is 0.164 e. The Morgan fingerprint density at radius 2 is 1.74 bits per heavy atom. The second kappa shape index (κ2) is 4.50. The summed E-state index contributed by atoms with van der Waals surface area (Å²) in [5.74, 6) is 0.440. The van der Waals surface area contributed by atoms with E-state index in [1.54, 1.807) is 0 Å². The first-order chi connectivity index (χ1) is 9.08. The molecular weight excluding hydrogens is 256 g/mol. The molecule has 0 saturated carbocycles. The van der Waals surface area contributed by atoms with Crippen LogP contribution in [0.15, 0.2) is 36.4 Å². The van der Waals surface area contributed by atoms with Crippen LogP contribution in [-0.2, 0) is 0 Å². The third-order valence-corrected chi connectivity index (χ3v) is 4.34. The molecule has 0 heterocycles. The molecule has 0 saturated heterocycles. The minimum atomic E-state index is 0.180. The minimum absolute atomic E-state index is 0.180. The van der Waals surface area contributed by atoms with Crippen LogP contribution in [0.1, 0.15) is 45.0 Å². The molecule has 2 aromatic carbocycles. The van der Waals surface area contributed by atoms with E-state index in [-0.39, 0.29) is 11.7 Å². The number of ketones is 1. The van der Waals surface area contributed by atoms with Gasteiger partial charge < -0.3 is 0 Å². The van der Waals surface area contributed by atoms with Crippen LogP contribution < -0.4 is 0 Å². The molecule has 1 unspecified atom stereocenters. The van der Waals surface area contributed by atoms with Crippen molar-refractivity contribution in [2.24, 2.45) is 0 Å². The Morgan fingerprint density at radius 1 is 1.05 bits per heavy atom. The molecule has 0 spiro atoms. The number of halogens is 1. The van der Waals surface area contributed by atoms with Gasteiger partial charge in [0.1, 0.15) is 0 Å². The summed E-state index contributed by atoms with van der Waals surface area (Å²) in [6.07, 6.45) is 0.571. The Kier molecular flexibility index (Phi) is 2.94. The molecule has 0 amide bonds. The summed E-state index contributed by atoms with van der Waals surface area (Å²) in [5.41, 5.74) is 5.57. The minimum Gasteiger partial charge on any atom is -0.294 e. The van der Waals surface area contributed by atoms with Gasteiger partial charge in [0.25, 0.3) is 0 Å². The fourth-order valence-electron chi connectivity index (χ4n) is 2.89. The standard InChI is InChI=1S/C17H15ClO/c1-10-3-8-14-15(9-16(19)17(14)11(10)2)12-4-6-13(18)7-5-12/h3-8,15H,9H2,1-2H3. The Morgan fingerprint density at radius 3 is 2.42 bits per heavy atom. The van der Waals surface area contributed by atoms with Gasteiger partial charge >= 0.3 is 0 Å². The molecule has 1 aliphatic carbocycles. The van der Waals surface area contributed by atoms with Crippen LogP contribution in [0, 0.1) is 13.8 Å². The number of Topliss-reactive ketones (excluding diaryl/α,β-unsaturated/α-hetero) is 1. The van der Waals surface area contributed by atoms with Crippen LogP contribution in [0.3, 0.4) is 0 Å². The summed E-state index contributed by atoms with van der Waals surface area (Å²) in [6, 6.07) is 12.0. The SMILES string of the molecule is Cc1ccc2c(c1C)C(=O)CC2c1ccc(Cl)cc1. The van der Waals surface area contributed by atoms with E-state index in [0.717, 1.165) is 21.7 Å². The zero-order valence-corrected chi connectivity index (χ0v) is 11.8. The fraction of sp³-hybridized carbons (Fsp3) is 0.235. The van der Waals surface area contributed by atoms with Crippen molar-refractivity contribution in [3.05, 3.63) is 69.2 Å². The van der Waals surface area contributed by atoms with Crippen molar-refractivity contribution in [2.75, 3.05) is 0 Å².